The summed E-state index contributed by atoms with van der Waals surface area (Å²) >= 11 is 0. The van der Waals surface area contributed by atoms with E-state index in [1.165, 1.54) is 0 Å². The zero-order valence-corrected chi connectivity index (χ0v) is 7.75. The summed E-state index contributed by atoms with van der Waals surface area (Å²) in [7, 11) is 0. The molecule has 4 nitrogen and oxygen atoms in total. The zero-order valence-electron chi connectivity index (χ0n) is 7.75. The van der Waals surface area contributed by atoms with Gasteiger partial charge in [0.1, 0.15) is 0 Å². The molecule has 1 atom stereocenters. The highest BCUT2D eigenvalue weighted by molar-refractivity contribution is 6.02. The smallest absolute Gasteiger partial charge is 0.356 e. The largest absolute Gasteiger partial charge is 0.478 e. The van der Waals surface area contributed by atoms with Crippen molar-refractivity contribution >= 4 is 11.9 Å². The van der Waals surface area contributed by atoms with Crippen molar-refractivity contribution in [2.45, 2.75) is 25.4 Å². The summed E-state index contributed by atoms with van der Waals surface area (Å²) in [5.41, 5.74) is -2.98. The van der Waals surface area contributed by atoms with Gasteiger partial charge >= 0.3 is 17.6 Å². The standard InChI is InChI=1S/C9H11FO4/c1-3-5-9(10,7(11)12)8(13)14-6-4-2/h2H,3,5-6H2,1H3,(H,11,12). The predicted molar refractivity (Wildman–Crippen MR) is 46.2 cm³/mol. The fourth-order valence-electron chi connectivity index (χ4n) is 0.862. The molecule has 0 saturated carbocycles. The normalized spacial score (nSPS) is 13.8. The Bertz CT molecular complexity index is 268. The molecule has 14 heavy (non-hydrogen) atoms. The molecule has 0 aromatic rings. The van der Waals surface area contributed by atoms with Crippen molar-refractivity contribution in [3.63, 3.8) is 0 Å². The van der Waals surface area contributed by atoms with E-state index in [9.17, 15) is 14.0 Å². The van der Waals surface area contributed by atoms with Gasteiger partial charge in [0.25, 0.3) is 0 Å². The molecule has 1 unspecified atom stereocenters. The molecule has 0 aliphatic heterocycles. The van der Waals surface area contributed by atoms with E-state index >= 15 is 0 Å². The third kappa shape index (κ3) is 2.73. The molecular weight excluding hydrogens is 191 g/mol. The van der Waals surface area contributed by atoms with Crippen LogP contribution in [-0.4, -0.2) is 29.3 Å². The Labute approximate surface area is 81.1 Å². The number of carbonyl (C=O) groups is 2. The summed E-state index contributed by atoms with van der Waals surface area (Å²) in [6.07, 6.45) is 4.56. The van der Waals surface area contributed by atoms with E-state index in [-0.39, 0.29) is 6.42 Å². The second kappa shape index (κ2) is 5.22. The van der Waals surface area contributed by atoms with Crippen LogP contribution in [0.4, 0.5) is 4.39 Å². The third-order valence-corrected chi connectivity index (χ3v) is 1.54. The Morgan fingerprint density at radius 1 is 1.64 bits per heavy atom. The third-order valence-electron chi connectivity index (χ3n) is 1.54. The lowest BCUT2D eigenvalue weighted by molar-refractivity contribution is -0.170. The molecule has 0 aliphatic carbocycles. The van der Waals surface area contributed by atoms with Gasteiger partial charge in [-0.15, -0.1) is 6.42 Å². The minimum Gasteiger partial charge on any atom is -0.478 e. The Kier molecular flexibility index (Phi) is 4.64. The molecular formula is C9H11FO4. The number of halogens is 1. The quantitative estimate of drug-likeness (QED) is 0.406. The number of aliphatic carboxylic acids is 1. The van der Waals surface area contributed by atoms with Crippen molar-refractivity contribution < 1.29 is 23.8 Å². The minimum atomic E-state index is -2.98. The first-order valence-electron chi connectivity index (χ1n) is 4.02. The highest BCUT2D eigenvalue weighted by Crippen LogP contribution is 2.20. The lowest BCUT2D eigenvalue weighted by Gasteiger charge is -2.17. The van der Waals surface area contributed by atoms with E-state index in [0.29, 0.717) is 0 Å². The number of hydrogen-bond donors (Lipinski definition) is 1. The van der Waals surface area contributed by atoms with Crippen LogP contribution in [0.2, 0.25) is 0 Å². The summed E-state index contributed by atoms with van der Waals surface area (Å²) in [5, 5.41) is 8.51. The van der Waals surface area contributed by atoms with Crippen molar-refractivity contribution in [2.75, 3.05) is 6.61 Å². The number of ether oxygens (including phenoxy) is 1. The molecule has 0 saturated heterocycles. The number of carboxylic acid groups (broad SMARTS) is 1. The van der Waals surface area contributed by atoms with E-state index in [4.69, 9.17) is 11.5 Å². The van der Waals surface area contributed by atoms with Crippen LogP contribution in [0.15, 0.2) is 0 Å². The van der Waals surface area contributed by atoms with Crippen molar-refractivity contribution in [2.24, 2.45) is 0 Å². The van der Waals surface area contributed by atoms with Crippen LogP contribution in [0.5, 0.6) is 0 Å². The number of hydrogen-bond acceptors (Lipinski definition) is 3. The van der Waals surface area contributed by atoms with Crippen LogP contribution < -0.4 is 0 Å². The van der Waals surface area contributed by atoms with E-state index in [1.807, 2.05) is 5.92 Å². The van der Waals surface area contributed by atoms with Crippen molar-refractivity contribution in [3.8, 4) is 12.3 Å². The van der Waals surface area contributed by atoms with Crippen molar-refractivity contribution in [1.29, 1.82) is 0 Å². The van der Waals surface area contributed by atoms with Crippen LogP contribution in [0.1, 0.15) is 19.8 Å². The minimum absolute atomic E-state index is 0.216. The number of carboxylic acids is 1. The Morgan fingerprint density at radius 3 is 2.57 bits per heavy atom. The molecule has 0 aromatic carbocycles. The van der Waals surface area contributed by atoms with Gasteiger partial charge in [-0.3, -0.25) is 0 Å². The number of alkyl halides is 1. The van der Waals surface area contributed by atoms with Crippen molar-refractivity contribution in [1.82, 2.24) is 0 Å². The van der Waals surface area contributed by atoms with Crippen molar-refractivity contribution in [3.05, 3.63) is 0 Å². The van der Waals surface area contributed by atoms with Crippen LogP contribution in [0.25, 0.3) is 0 Å². The number of terminal acetylenes is 1. The zero-order chi connectivity index (χ0) is 11.2. The first kappa shape index (κ1) is 12.4. The molecule has 0 radical (unpaired) electrons. The maximum Gasteiger partial charge on any atom is 0.356 e. The summed E-state index contributed by atoms with van der Waals surface area (Å²) < 4.78 is 17.7. The number of esters is 1. The van der Waals surface area contributed by atoms with Crippen LogP contribution >= 0.6 is 0 Å². The van der Waals surface area contributed by atoms with Crippen LogP contribution in [-0.2, 0) is 14.3 Å². The molecule has 0 aliphatic rings. The molecule has 0 heterocycles. The number of carbonyl (C=O) groups excluding carboxylic acids is 1. The summed E-state index contributed by atoms with van der Waals surface area (Å²) in [6.45, 7) is 1.13. The summed E-state index contributed by atoms with van der Waals surface area (Å²) in [5.74, 6) is -1.34. The molecule has 0 aromatic heterocycles. The summed E-state index contributed by atoms with van der Waals surface area (Å²) in [4.78, 5) is 21.5. The average Bonchev–Trinajstić information content (AvgIpc) is 2.14. The molecule has 0 rings (SSSR count). The van der Waals surface area contributed by atoms with E-state index < -0.39 is 30.6 Å². The summed E-state index contributed by atoms with van der Waals surface area (Å²) in [6, 6.07) is 0. The molecule has 0 spiro atoms. The van der Waals surface area contributed by atoms with E-state index in [1.54, 1.807) is 6.92 Å². The van der Waals surface area contributed by atoms with Gasteiger partial charge in [-0.25, -0.2) is 14.0 Å². The average molecular weight is 202 g/mol. The number of rotatable bonds is 5. The van der Waals surface area contributed by atoms with Crippen LogP contribution in [0.3, 0.4) is 0 Å². The maximum atomic E-state index is 13.5. The van der Waals surface area contributed by atoms with Gasteiger partial charge < -0.3 is 9.84 Å². The highest BCUT2D eigenvalue weighted by Gasteiger charge is 2.47. The van der Waals surface area contributed by atoms with Gasteiger partial charge in [-0.05, 0) is 0 Å². The Morgan fingerprint density at radius 2 is 2.21 bits per heavy atom. The van der Waals surface area contributed by atoms with E-state index in [0.717, 1.165) is 0 Å². The molecule has 0 fully saturated rings. The first-order chi connectivity index (χ1) is 6.49. The second-order valence-electron chi connectivity index (χ2n) is 2.64. The molecule has 1 N–H and O–H groups in total. The molecule has 0 bridgehead atoms. The van der Waals surface area contributed by atoms with Gasteiger partial charge in [0.15, 0.2) is 6.61 Å². The van der Waals surface area contributed by atoms with E-state index in [2.05, 4.69) is 4.74 Å². The monoisotopic (exact) mass is 202 g/mol. The Hall–Kier alpha value is -1.57. The molecule has 5 heteroatoms. The predicted octanol–water partition coefficient (Wildman–Crippen LogP) is 0.756. The lowest BCUT2D eigenvalue weighted by atomic mass is 10.0. The molecule has 0 amide bonds. The van der Waals surface area contributed by atoms with Gasteiger partial charge in [0, 0.05) is 6.42 Å². The maximum absolute atomic E-state index is 13.5. The SMILES string of the molecule is C#CCOC(=O)C(F)(CCC)C(=O)O. The Balaban J connectivity index is 4.58. The fraction of sp³-hybridized carbons (Fsp3) is 0.556. The van der Waals surface area contributed by atoms with Gasteiger partial charge in [0.2, 0.25) is 0 Å². The first-order valence-corrected chi connectivity index (χ1v) is 4.02. The van der Waals surface area contributed by atoms with Gasteiger partial charge in [0.05, 0.1) is 0 Å². The highest BCUT2D eigenvalue weighted by atomic mass is 19.1. The van der Waals surface area contributed by atoms with Crippen LogP contribution in [0, 0.1) is 12.3 Å². The topological polar surface area (TPSA) is 63.6 Å². The van der Waals surface area contributed by atoms with Gasteiger partial charge in [-0.2, -0.15) is 0 Å². The van der Waals surface area contributed by atoms with Gasteiger partial charge in [-0.1, -0.05) is 19.3 Å². The molecule has 78 valence electrons. The fourth-order valence-corrected chi connectivity index (χ4v) is 0.862. The lowest BCUT2D eigenvalue weighted by Crippen LogP contribution is -2.43. The second-order valence-corrected chi connectivity index (χ2v) is 2.64.